The molecule has 1 saturated heterocycles. The molecule has 0 saturated carbocycles. The number of carbonyl (C=O) groups is 1. The van der Waals surface area contributed by atoms with E-state index in [0.717, 1.165) is 11.0 Å². The van der Waals surface area contributed by atoms with E-state index >= 15 is 0 Å². The Morgan fingerprint density at radius 3 is 2.56 bits per heavy atom. The predicted molar refractivity (Wildman–Crippen MR) is 104 cm³/mol. The summed E-state index contributed by atoms with van der Waals surface area (Å²) in [6.45, 7) is 2.34. The lowest BCUT2D eigenvalue weighted by Gasteiger charge is -2.17. The Hall–Kier alpha value is -2.80. The Morgan fingerprint density at radius 1 is 1.15 bits per heavy atom. The van der Waals surface area contributed by atoms with Gasteiger partial charge in [-0.3, -0.25) is 9.10 Å². The number of furan rings is 1. The van der Waals surface area contributed by atoms with Crippen LogP contribution in [0.15, 0.2) is 59.0 Å². The van der Waals surface area contributed by atoms with Gasteiger partial charge in [-0.2, -0.15) is 0 Å². The van der Waals surface area contributed by atoms with Crippen molar-refractivity contribution < 1.29 is 17.6 Å². The number of anilines is 1. The second-order valence-corrected chi connectivity index (χ2v) is 8.68. The zero-order valence-corrected chi connectivity index (χ0v) is 15.7. The van der Waals surface area contributed by atoms with Gasteiger partial charge in [-0.1, -0.05) is 18.2 Å². The van der Waals surface area contributed by atoms with Crippen molar-refractivity contribution in [2.24, 2.45) is 0 Å². The molecule has 1 aromatic heterocycles. The Morgan fingerprint density at radius 2 is 1.89 bits per heavy atom. The molecule has 27 heavy (non-hydrogen) atoms. The number of amides is 1. The van der Waals surface area contributed by atoms with Gasteiger partial charge in [-0.25, -0.2) is 8.42 Å². The maximum absolute atomic E-state index is 12.5. The van der Waals surface area contributed by atoms with Crippen LogP contribution in [0.25, 0.3) is 11.0 Å². The van der Waals surface area contributed by atoms with Gasteiger partial charge in [0.2, 0.25) is 10.0 Å². The first-order chi connectivity index (χ1) is 12.9. The maximum Gasteiger partial charge on any atom is 0.251 e. The minimum absolute atomic E-state index is 0.171. The van der Waals surface area contributed by atoms with Crippen molar-refractivity contribution >= 4 is 32.6 Å². The number of nitrogens with zero attached hydrogens (tertiary/aromatic N) is 1. The summed E-state index contributed by atoms with van der Waals surface area (Å²) in [5.74, 6) is 0.618. The summed E-state index contributed by atoms with van der Waals surface area (Å²) < 4.78 is 31.2. The monoisotopic (exact) mass is 384 g/mol. The fraction of sp³-hybridized carbons (Fsp3) is 0.250. The molecule has 0 radical (unpaired) electrons. The van der Waals surface area contributed by atoms with Crippen molar-refractivity contribution in [3.63, 3.8) is 0 Å². The van der Waals surface area contributed by atoms with Gasteiger partial charge < -0.3 is 9.73 Å². The molecule has 2 aromatic carbocycles. The molecule has 0 aliphatic carbocycles. The number of hydrogen-bond donors (Lipinski definition) is 1. The Balaban J connectivity index is 1.48. The van der Waals surface area contributed by atoms with E-state index in [2.05, 4.69) is 5.32 Å². The molecule has 1 atom stereocenters. The predicted octanol–water partition coefficient (Wildman–Crippen LogP) is 3.46. The van der Waals surface area contributed by atoms with E-state index in [9.17, 15) is 13.2 Å². The molecule has 7 heteroatoms. The lowest BCUT2D eigenvalue weighted by Crippen LogP contribution is -2.27. The molecule has 1 aliphatic rings. The lowest BCUT2D eigenvalue weighted by atomic mass is 10.1. The van der Waals surface area contributed by atoms with Gasteiger partial charge >= 0.3 is 0 Å². The smallest absolute Gasteiger partial charge is 0.251 e. The summed E-state index contributed by atoms with van der Waals surface area (Å²) in [4.78, 5) is 12.5. The lowest BCUT2D eigenvalue weighted by molar-refractivity contribution is 0.0935. The van der Waals surface area contributed by atoms with Crippen LogP contribution in [0, 0.1) is 0 Å². The number of hydrogen-bond acceptors (Lipinski definition) is 4. The Kier molecular flexibility index (Phi) is 4.39. The summed E-state index contributed by atoms with van der Waals surface area (Å²) in [5.41, 5.74) is 1.84. The number of fused-ring (bicyclic) bond motifs is 1. The summed E-state index contributed by atoms with van der Waals surface area (Å²) in [5, 5.41) is 3.90. The molecule has 4 rings (SSSR count). The molecule has 1 aliphatic heterocycles. The summed E-state index contributed by atoms with van der Waals surface area (Å²) in [6.07, 6.45) is 0.625. The van der Waals surface area contributed by atoms with E-state index in [-0.39, 0.29) is 17.7 Å². The van der Waals surface area contributed by atoms with E-state index in [1.54, 1.807) is 24.3 Å². The van der Waals surface area contributed by atoms with Gasteiger partial charge in [0, 0.05) is 17.5 Å². The average Bonchev–Trinajstić information content (AvgIpc) is 3.24. The Labute approximate surface area is 157 Å². The highest BCUT2D eigenvalue weighted by Gasteiger charge is 2.28. The first-order valence-corrected chi connectivity index (χ1v) is 10.4. The molecular weight excluding hydrogens is 364 g/mol. The van der Waals surface area contributed by atoms with Crippen LogP contribution in [0.2, 0.25) is 0 Å². The van der Waals surface area contributed by atoms with Gasteiger partial charge in [0.25, 0.3) is 5.91 Å². The van der Waals surface area contributed by atoms with Crippen molar-refractivity contribution in [1.82, 2.24) is 5.32 Å². The third-order valence-corrected chi connectivity index (χ3v) is 6.61. The van der Waals surface area contributed by atoms with Crippen LogP contribution in [0.3, 0.4) is 0 Å². The number of carbonyl (C=O) groups excluding carboxylic acids is 1. The summed E-state index contributed by atoms with van der Waals surface area (Å²) in [7, 11) is -3.22. The summed E-state index contributed by atoms with van der Waals surface area (Å²) >= 11 is 0. The van der Waals surface area contributed by atoms with Gasteiger partial charge in [-0.15, -0.1) is 0 Å². The van der Waals surface area contributed by atoms with Crippen LogP contribution in [0.1, 0.15) is 35.5 Å². The van der Waals surface area contributed by atoms with Crippen LogP contribution < -0.4 is 9.62 Å². The van der Waals surface area contributed by atoms with Crippen LogP contribution in [0.5, 0.6) is 0 Å². The van der Waals surface area contributed by atoms with Gasteiger partial charge in [0.05, 0.1) is 17.5 Å². The van der Waals surface area contributed by atoms with Crippen molar-refractivity contribution in [1.29, 1.82) is 0 Å². The molecule has 2 heterocycles. The molecule has 0 spiro atoms. The van der Waals surface area contributed by atoms with Crippen molar-refractivity contribution in [3.05, 3.63) is 65.9 Å². The molecule has 140 valence electrons. The first kappa shape index (κ1) is 17.6. The zero-order chi connectivity index (χ0) is 19.0. The highest BCUT2D eigenvalue weighted by Crippen LogP contribution is 2.25. The Bertz CT molecular complexity index is 1050. The fourth-order valence-electron chi connectivity index (χ4n) is 3.28. The van der Waals surface area contributed by atoms with E-state index in [1.165, 1.54) is 4.31 Å². The SMILES string of the molecule is CC(NC(=O)c1ccc(N2CCCS2(=O)=O)cc1)c1cc2ccccc2o1. The molecular formula is C20H20N2O4S. The van der Waals surface area contributed by atoms with E-state index in [1.807, 2.05) is 37.3 Å². The first-order valence-electron chi connectivity index (χ1n) is 8.84. The minimum atomic E-state index is -3.22. The highest BCUT2D eigenvalue weighted by molar-refractivity contribution is 7.93. The number of benzene rings is 2. The van der Waals surface area contributed by atoms with E-state index in [0.29, 0.717) is 30.0 Å². The molecule has 0 bridgehead atoms. The van der Waals surface area contributed by atoms with E-state index in [4.69, 9.17) is 4.42 Å². The standard InChI is InChI=1S/C20H20N2O4S/c1-14(19-13-16-5-2-3-6-18(16)26-19)21-20(23)15-7-9-17(10-8-15)22-11-4-12-27(22,24)25/h2-3,5-10,13-14H,4,11-12H2,1H3,(H,21,23). The van der Waals surface area contributed by atoms with Gasteiger partial charge in [0.1, 0.15) is 11.3 Å². The quantitative estimate of drug-likeness (QED) is 0.747. The van der Waals surface area contributed by atoms with Crippen LogP contribution in [-0.2, 0) is 10.0 Å². The second kappa shape index (κ2) is 6.74. The maximum atomic E-state index is 12.5. The molecule has 3 aromatic rings. The number of para-hydroxylation sites is 1. The van der Waals surface area contributed by atoms with Gasteiger partial charge in [-0.05, 0) is 49.7 Å². The molecule has 1 fully saturated rings. The van der Waals surface area contributed by atoms with Crippen LogP contribution in [-0.4, -0.2) is 26.6 Å². The second-order valence-electron chi connectivity index (χ2n) is 6.67. The van der Waals surface area contributed by atoms with Crippen molar-refractivity contribution in [3.8, 4) is 0 Å². The number of nitrogens with one attached hydrogen (secondary N) is 1. The molecule has 1 N–H and O–H groups in total. The number of sulfonamides is 1. The minimum Gasteiger partial charge on any atom is -0.459 e. The zero-order valence-electron chi connectivity index (χ0n) is 14.9. The van der Waals surface area contributed by atoms with Crippen molar-refractivity contribution in [2.75, 3.05) is 16.6 Å². The molecule has 1 amide bonds. The summed E-state index contributed by atoms with van der Waals surface area (Å²) in [6, 6.07) is 15.9. The van der Waals surface area contributed by atoms with Crippen LogP contribution in [0.4, 0.5) is 5.69 Å². The fourth-order valence-corrected chi connectivity index (χ4v) is 4.84. The topological polar surface area (TPSA) is 79.6 Å². The highest BCUT2D eigenvalue weighted by atomic mass is 32.2. The van der Waals surface area contributed by atoms with Gasteiger partial charge in [0.15, 0.2) is 0 Å². The normalized spacial score (nSPS) is 17.1. The number of rotatable bonds is 4. The molecule has 1 unspecified atom stereocenters. The van der Waals surface area contributed by atoms with Crippen LogP contribution >= 0.6 is 0 Å². The van der Waals surface area contributed by atoms with Crippen molar-refractivity contribution in [2.45, 2.75) is 19.4 Å². The third-order valence-electron chi connectivity index (χ3n) is 4.74. The average molecular weight is 384 g/mol. The van der Waals surface area contributed by atoms with E-state index < -0.39 is 10.0 Å². The largest absolute Gasteiger partial charge is 0.459 e. The third kappa shape index (κ3) is 3.42. The molecule has 6 nitrogen and oxygen atoms in total.